The topological polar surface area (TPSA) is 89.0 Å². The molecule has 2 saturated heterocycles. The van der Waals surface area contributed by atoms with Crippen molar-refractivity contribution in [1.29, 1.82) is 0 Å². The third-order valence-electron chi connectivity index (χ3n) is 7.30. The molecule has 0 bridgehead atoms. The fourth-order valence-corrected chi connectivity index (χ4v) is 8.03. The number of aromatic nitrogens is 1. The number of sulfonamides is 1. The van der Waals surface area contributed by atoms with Crippen molar-refractivity contribution < 1.29 is 22.7 Å². The molecule has 0 radical (unpaired) electrons. The zero-order valence-corrected chi connectivity index (χ0v) is 23.6. The van der Waals surface area contributed by atoms with E-state index in [2.05, 4.69) is 0 Å². The molecule has 1 amide bonds. The summed E-state index contributed by atoms with van der Waals surface area (Å²) in [5.74, 6) is 0.543. The summed E-state index contributed by atoms with van der Waals surface area (Å²) in [5.41, 5.74) is 1.22. The molecule has 204 valence electrons. The van der Waals surface area contributed by atoms with Crippen LogP contribution in [0.25, 0.3) is 10.2 Å². The Balaban J connectivity index is 1.42. The van der Waals surface area contributed by atoms with E-state index in [1.54, 1.807) is 33.5 Å². The van der Waals surface area contributed by atoms with Gasteiger partial charge in [-0.15, -0.1) is 0 Å². The van der Waals surface area contributed by atoms with E-state index >= 15 is 0 Å². The van der Waals surface area contributed by atoms with Crippen LogP contribution in [-0.2, 0) is 14.8 Å². The number of piperidine rings is 1. The van der Waals surface area contributed by atoms with E-state index in [1.807, 2.05) is 32.0 Å². The molecule has 2 aliphatic rings. The Hall–Kier alpha value is -2.53. The Bertz CT molecular complexity index is 1370. The van der Waals surface area contributed by atoms with E-state index < -0.39 is 10.0 Å². The van der Waals surface area contributed by atoms with E-state index in [9.17, 15) is 13.2 Å². The summed E-state index contributed by atoms with van der Waals surface area (Å²) in [6.45, 7) is 6.16. The fraction of sp³-hybridized carbons (Fsp3) is 0.500. The Morgan fingerprint density at radius 2 is 1.95 bits per heavy atom. The van der Waals surface area contributed by atoms with Gasteiger partial charge in [-0.1, -0.05) is 24.7 Å². The summed E-state index contributed by atoms with van der Waals surface area (Å²) in [5, 5.41) is 0.588. The van der Waals surface area contributed by atoms with Gasteiger partial charge in [0, 0.05) is 24.8 Å². The molecule has 0 saturated carbocycles. The highest BCUT2D eigenvalue weighted by molar-refractivity contribution is 7.89. The standard InChI is InChI=1S/C28H35N3O5S2/c1-3-21-8-5-6-16-31(21)38(33,34)24-13-10-20(11-14-24)27(32)30(19-23-9-7-17-36-23)28-29-25-15-12-22(35-4-2)18-26(25)37-28/h10-15,18,21,23H,3-9,16-17,19H2,1-2H3. The lowest BCUT2D eigenvalue weighted by molar-refractivity contribution is 0.0917. The SMILES string of the molecule is CCOc1ccc2nc(N(CC3CCCO3)C(=O)c3ccc(S(=O)(=O)N4CCCCC4CC)cc3)sc2c1. The van der Waals surface area contributed by atoms with E-state index in [0.717, 1.165) is 54.5 Å². The lowest BCUT2D eigenvalue weighted by Gasteiger charge is -2.34. The average Bonchev–Trinajstić information content (AvgIpc) is 3.61. The van der Waals surface area contributed by atoms with Crippen molar-refractivity contribution in [2.45, 2.75) is 69.4 Å². The smallest absolute Gasteiger partial charge is 0.260 e. The molecule has 3 aromatic rings. The van der Waals surface area contributed by atoms with Gasteiger partial charge in [-0.25, -0.2) is 13.4 Å². The van der Waals surface area contributed by atoms with Gasteiger partial charge in [-0.3, -0.25) is 9.69 Å². The first-order valence-corrected chi connectivity index (χ1v) is 15.7. The highest BCUT2D eigenvalue weighted by Crippen LogP contribution is 2.33. The van der Waals surface area contributed by atoms with Gasteiger partial charge in [0.05, 0.1) is 34.4 Å². The first-order chi connectivity index (χ1) is 18.4. The van der Waals surface area contributed by atoms with Crippen molar-refractivity contribution in [3.8, 4) is 5.75 Å². The van der Waals surface area contributed by atoms with E-state index in [0.29, 0.717) is 37.0 Å². The highest BCUT2D eigenvalue weighted by atomic mass is 32.2. The first kappa shape index (κ1) is 27.1. The van der Waals surface area contributed by atoms with Crippen LogP contribution in [0.15, 0.2) is 47.4 Å². The maximum Gasteiger partial charge on any atom is 0.260 e. The zero-order valence-electron chi connectivity index (χ0n) is 22.0. The minimum Gasteiger partial charge on any atom is -0.494 e. The number of ether oxygens (including phenoxy) is 2. The number of amides is 1. The van der Waals surface area contributed by atoms with Gasteiger partial charge >= 0.3 is 0 Å². The van der Waals surface area contributed by atoms with E-state index in [-0.39, 0.29) is 22.9 Å². The van der Waals surface area contributed by atoms with Crippen LogP contribution < -0.4 is 9.64 Å². The van der Waals surface area contributed by atoms with Crippen LogP contribution in [0.5, 0.6) is 5.75 Å². The minimum atomic E-state index is -3.62. The van der Waals surface area contributed by atoms with Crippen LogP contribution in [0.4, 0.5) is 5.13 Å². The number of fused-ring (bicyclic) bond motifs is 1. The molecule has 2 fully saturated rings. The first-order valence-electron chi connectivity index (χ1n) is 13.5. The summed E-state index contributed by atoms with van der Waals surface area (Å²) in [4.78, 5) is 20.4. The number of hydrogen-bond donors (Lipinski definition) is 0. The largest absolute Gasteiger partial charge is 0.494 e. The van der Waals surface area contributed by atoms with Gasteiger partial charge in [0.2, 0.25) is 10.0 Å². The number of carbonyl (C=O) groups is 1. The molecule has 10 heteroatoms. The summed E-state index contributed by atoms with van der Waals surface area (Å²) in [7, 11) is -3.62. The Morgan fingerprint density at radius 3 is 2.66 bits per heavy atom. The maximum atomic E-state index is 13.8. The van der Waals surface area contributed by atoms with E-state index in [1.165, 1.54) is 11.3 Å². The van der Waals surface area contributed by atoms with Crippen molar-refractivity contribution in [3.05, 3.63) is 48.0 Å². The maximum absolute atomic E-state index is 13.8. The number of nitrogens with zero attached hydrogens (tertiary/aromatic N) is 3. The number of thiazole rings is 1. The van der Waals surface area contributed by atoms with Gasteiger partial charge in [0.15, 0.2) is 5.13 Å². The van der Waals surface area contributed by atoms with Crippen LogP contribution in [0, 0.1) is 0 Å². The van der Waals surface area contributed by atoms with Crippen molar-refractivity contribution in [2.24, 2.45) is 0 Å². The molecular formula is C28H35N3O5S2. The zero-order chi connectivity index (χ0) is 26.7. The second-order valence-electron chi connectivity index (χ2n) is 9.81. The predicted molar refractivity (Wildman–Crippen MR) is 150 cm³/mol. The molecule has 2 atom stereocenters. The lowest BCUT2D eigenvalue weighted by atomic mass is 10.0. The molecule has 5 rings (SSSR count). The molecule has 3 heterocycles. The molecule has 0 aliphatic carbocycles. The summed E-state index contributed by atoms with van der Waals surface area (Å²) in [6.07, 6.45) is 5.40. The predicted octanol–water partition coefficient (Wildman–Crippen LogP) is 5.47. The molecule has 2 unspecified atom stereocenters. The lowest BCUT2D eigenvalue weighted by Crippen LogP contribution is -2.43. The second kappa shape index (κ2) is 11.7. The molecule has 1 aromatic heterocycles. The normalized spacial score (nSPS) is 20.6. The second-order valence-corrected chi connectivity index (χ2v) is 12.7. The number of hydrogen-bond acceptors (Lipinski definition) is 7. The van der Waals surface area contributed by atoms with Gasteiger partial charge in [0.1, 0.15) is 5.75 Å². The Labute approximate surface area is 228 Å². The summed E-state index contributed by atoms with van der Waals surface area (Å²) in [6, 6.07) is 12.1. The van der Waals surface area contributed by atoms with Crippen molar-refractivity contribution in [2.75, 3.05) is 31.2 Å². The fourth-order valence-electron chi connectivity index (χ4n) is 5.26. The Morgan fingerprint density at radius 1 is 1.13 bits per heavy atom. The van der Waals surface area contributed by atoms with Gasteiger partial charge in [0.25, 0.3) is 5.91 Å². The molecular weight excluding hydrogens is 522 g/mol. The van der Waals surface area contributed by atoms with E-state index in [4.69, 9.17) is 14.5 Å². The van der Waals surface area contributed by atoms with Gasteiger partial charge < -0.3 is 9.47 Å². The Kier molecular flexibility index (Phi) is 8.32. The van der Waals surface area contributed by atoms with Crippen LogP contribution in [0.1, 0.15) is 62.7 Å². The average molecular weight is 558 g/mol. The molecule has 0 N–H and O–H groups in total. The van der Waals surface area contributed by atoms with Crippen LogP contribution in [-0.4, -0.2) is 62.1 Å². The number of benzene rings is 2. The number of rotatable bonds is 9. The number of carbonyl (C=O) groups excluding carboxylic acids is 1. The van der Waals surface area contributed by atoms with Crippen LogP contribution in [0.3, 0.4) is 0 Å². The minimum absolute atomic E-state index is 0.0271. The van der Waals surface area contributed by atoms with Gasteiger partial charge in [-0.05, 0) is 81.5 Å². The van der Waals surface area contributed by atoms with Crippen molar-refractivity contribution in [1.82, 2.24) is 9.29 Å². The quantitative estimate of drug-likeness (QED) is 0.346. The van der Waals surface area contributed by atoms with Crippen molar-refractivity contribution >= 4 is 42.6 Å². The van der Waals surface area contributed by atoms with Crippen LogP contribution >= 0.6 is 11.3 Å². The summed E-state index contributed by atoms with van der Waals surface area (Å²) < 4.78 is 40.8. The van der Waals surface area contributed by atoms with Crippen molar-refractivity contribution in [3.63, 3.8) is 0 Å². The van der Waals surface area contributed by atoms with Crippen LogP contribution in [0.2, 0.25) is 0 Å². The number of anilines is 1. The third-order valence-corrected chi connectivity index (χ3v) is 10.3. The summed E-state index contributed by atoms with van der Waals surface area (Å²) >= 11 is 1.44. The molecule has 0 spiro atoms. The molecule has 2 aromatic carbocycles. The van der Waals surface area contributed by atoms with Gasteiger partial charge in [-0.2, -0.15) is 4.31 Å². The molecule has 38 heavy (non-hydrogen) atoms. The third kappa shape index (κ3) is 5.59. The molecule has 2 aliphatic heterocycles. The monoisotopic (exact) mass is 557 g/mol. The highest BCUT2D eigenvalue weighted by Gasteiger charge is 2.33. The molecule has 8 nitrogen and oxygen atoms in total.